The number of nitrogens with one attached hydrogen (secondary N) is 3. The van der Waals surface area contributed by atoms with E-state index in [0.29, 0.717) is 16.9 Å². The minimum absolute atomic E-state index is 0.0216. The molecular weight excluding hydrogens is 461 g/mol. The molecule has 3 N–H and O–H groups in total. The van der Waals surface area contributed by atoms with E-state index in [1.165, 1.54) is 35.6 Å². The summed E-state index contributed by atoms with van der Waals surface area (Å²) in [5.74, 6) is -1.11. The molecular formula is C27H26FN5O3. The number of halogens is 1. The van der Waals surface area contributed by atoms with Crippen LogP contribution in [0.25, 0.3) is 12.3 Å². The van der Waals surface area contributed by atoms with Crippen molar-refractivity contribution < 1.29 is 9.18 Å². The molecule has 0 aliphatic rings. The van der Waals surface area contributed by atoms with Crippen molar-refractivity contribution >= 4 is 23.9 Å². The summed E-state index contributed by atoms with van der Waals surface area (Å²) >= 11 is 0. The lowest BCUT2D eigenvalue weighted by atomic mass is 9.90. The maximum atomic E-state index is 13.9. The number of hydrogen-bond donors (Lipinski definition) is 3. The molecule has 0 saturated heterocycles. The molecule has 1 amide bonds. The van der Waals surface area contributed by atoms with Crippen molar-refractivity contribution in [2.24, 2.45) is 0 Å². The first-order chi connectivity index (χ1) is 17.0. The van der Waals surface area contributed by atoms with E-state index < -0.39 is 22.8 Å². The number of amides is 1. The lowest BCUT2D eigenvalue weighted by Gasteiger charge is -2.19. The summed E-state index contributed by atoms with van der Waals surface area (Å²) < 4.78 is 13.9. The number of aromatic amines is 3. The summed E-state index contributed by atoms with van der Waals surface area (Å²) in [6.45, 7) is 7.69. The third kappa shape index (κ3) is 5.10. The maximum Gasteiger partial charge on any atom is 0.273 e. The van der Waals surface area contributed by atoms with Crippen molar-refractivity contribution in [2.45, 2.75) is 33.1 Å². The number of para-hydroxylation sites is 1. The van der Waals surface area contributed by atoms with E-state index in [1.54, 1.807) is 37.3 Å². The zero-order valence-corrected chi connectivity index (χ0v) is 20.3. The summed E-state index contributed by atoms with van der Waals surface area (Å²) in [6, 6.07) is 12.5. The van der Waals surface area contributed by atoms with Gasteiger partial charge < -0.3 is 15.0 Å². The third-order valence-electron chi connectivity index (χ3n) is 5.63. The molecule has 2 aromatic heterocycles. The lowest BCUT2D eigenvalue weighted by molar-refractivity contribution is 0.1000. The van der Waals surface area contributed by atoms with Crippen LogP contribution in [0.3, 0.4) is 0 Å². The zero-order chi connectivity index (χ0) is 26.0. The first-order valence-corrected chi connectivity index (χ1v) is 11.3. The minimum atomic E-state index is -0.613. The van der Waals surface area contributed by atoms with Crippen LogP contribution in [0, 0.1) is 12.7 Å². The maximum absolute atomic E-state index is 13.9. The molecule has 0 aliphatic carbocycles. The van der Waals surface area contributed by atoms with Gasteiger partial charge >= 0.3 is 0 Å². The zero-order valence-electron chi connectivity index (χ0n) is 20.3. The highest BCUT2D eigenvalue weighted by molar-refractivity contribution is 6.10. The van der Waals surface area contributed by atoms with Crippen LogP contribution in [0.1, 0.15) is 48.1 Å². The monoisotopic (exact) mass is 487 g/mol. The van der Waals surface area contributed by atoms with E-state index in [4.69, 9.17) is 0 Å². The number of imidazole rings is 1. The molecule has 0 radical (unpaired) electrons. The van der Waals surface area contributed by atoms with Crippen molar-refractivity contribution in [3.05, 3.63) is 115 Å². The summed E-state index contributed by atoms with van der Waals surface area (Å²) in [5, 5.41) is -0.116. The molecule has 4 rings (SSSR count). The summed E-state index contributed by atoms with van der Waals surface area (Å²) in [7, 11) is 0. The normalized spacial score (nSPS) is 12.7. The number of carbonyl (C=O) groups is 1. The van der Waals surface area contributed by atoms with Gasteiger partial charge in [0.25, 0.3) is 17.0 Å². The van der Waals surface area contributed by atoms with Gasteiger partial charge in [-0.3, -0.25) is 19.3 Å². The molecule has 4 aromatic rings. The topological polar surface area (TPSA) is 115 Å². The van der Waals surface area contributed by atoms with Crippen LogP contribution in [-0.2, 0) is 5.41 Å². The Morgan fingerprint density at radius 1 is 1.00 bits per heavy atom. The Balaban J connectivity index is 1.86. The Bertz CT molecular complexity index is 1660. The van der Waals surface area contributed by atoms with Crippen molar-refractivity contribution in [3.8, 4) is 0 Å². The molecule has 2 aromatic carbocycles. The summed E-state index contributed by atoms with van der Waals surface area (Å²) in [5.41, 5.74) is 1.05. The van der Waals surface area contributed by atoms with Gasteiger partial charge in [0.1, 0.15) is 16.5 Å². The number of rotatable bonds is 4. The van der Waals surface area contributed by atoms with Crippen LogP contribution in [0.15, 0.2) is 64.4 Å². The van der Waals surface area contributed by atoms with E-state index >= 15 is 0 Å². The molecule has 0 bridgehead atoms. The van der Waals surface area contributed by atoms with Gasteiger partial charge in [-0.05, 0) is 42.8 Å². The third-order valence-corrected chi connectivity index (χ3v) is 5.63. The van der Waals surface area contributed by atoms with Gasteiger partial charge in [0.15, 0.2) is 0 Å². The van der Waals surface area contributed by atoms with Crippen LogP contribution in [0.4, 0.5) is 10.1 Å². The molecule has 0 aliphatic heterocycles. The molecule has 184 valence electrons. The van der Waals surface area contributed by atoms with Crippen molar-refractivity contribution in [1.29, 1.82) is 0 Å². The van der Waals surface area contributed by atoms with Gasteiger partial charge in [-0.25, -0.2) is 9.37 Å². The van der Waals surface area contributed by atoms with Crippen molar-refractivity contribution in [2.75, 3.05) is 4.90 Å². The standard InChI is InChI=1S/C27H26FN5O3/c1-16-10-11-17(28)12-19(16)26(36)33(18-8-6-5-7-9-18)14-22-25(35)31-21(24(34)32-22)13-20-23(27(2,3)4)30-15-29-20/h5-15H,1-4H3,(H,29,30)(H,31,35)(H,32,34)/b21-13-,22-14-. The molecule has 9 heteroatoms. The number of aromatic nitrogens is 4. The van der Waals surface area contributed by atoms with Crippen LogP contribution in [-0.4, -0.2) is 25.8 Å². The number of anilines is 1. The van der Waals surface area contributed by atoms with Crippen molar-refractivity contribution in [3.63, 3.8) is 0 Å². The second kappa shape index (κ2) is 9.61. The average molecular weight is 488 g/mol. The van der Waals surface area contributed by atoms with Crippen LogP contribution < -0.4 is 26.7 Å². The molecule has 0 spiro atoms. The fourth-order valence-electron chi connectivity index (χ4n) is 3.76. The Morgan fingerprint density at radius 3 is 2.36 bits per heavy atom. The molecule has 0 fully saturated rings. The van der Waals surface area contributed by atoms with Crippen LogP contribution in [0.5, 0.6) is 0 Å². The first-order valence-electron chi connectivity index (χ1n) is 11.3. The SMILES string of the molecule is Cc1ccc(F)cc1C(=O)N(/C=c1\[nH]c(=O)/c(=C/c2nc[nH]c2C(C)(C)C)[nH]c1=O)c1ccccc1. The van der Waals surface area contributed by atoms with Crippen LogP contribution in [0.2, 0.25) is 0 Å². The van der Waals surface area contributed by atoms with Gasteiger partial charge in [0.2, 0.25) is 0 Å². The Kier molecular flexibility index (Phi) is 6.57. The largest absolute Gasteiger partial charge is 0.348 e. The number of hydrogen-bond acceptors (Lipinski definition) is 4. The molecule has 36 heavy (non-hydrogen) atoms. The van der Waals surface area contributed by atoms with E-state index in [1.807, 2.05) is 20.8 Å². The molecule has 0 saturated carbocycles. The predicted molar refractivity (Wildman–Crippen MR) is 137 cm³/mol. The fourth-order valence-corrected chi connectivity index (χ4v) is 3.76. The highest BCUT2D eigenvalue weighted by atomic mass is 19.1. The van der Waals surface area contributed by atoms with Crippen LogP contribution >= 0.6 is 0 Å². The van der Waals surface area contributed by atoms with E-state index in [0.717, 1.165) is 11.8 Å². The average Bonchev–Trinajstić information content (AvgIpc) is 3.31. The summed E-state index contributed by atoms with van der Waals surface area (Å²) in [6.07, 6.45) is 4.26. The molecule has 0 unspecified atom stereocenters. The number of nitrogens with zero attached hydrogens (tertiary/aromatic N) is 2. The van der Waals surface area contributed by atoms with E-state index in [-0.39, 0.29) is 21.7 Å². The fraction of sp³-hybridized carbons (Fsp3) is 0.185. The number of H-pyrrole nitrogens is 3. The van der Waals surface area contributed by atoms with Gasteiger partial charge in [-0.15, -0.1) is 0 Å². The number of aryl methyl sites for hydroxylation is 1. The van der Waals surface area contributed by atoms with E-state index in [9.17, 15) is 18.8 Å². The highest BCUT2D eigenvalue weighted by Crippen LogP contribution is 2.23. The summed E-state index contributed by atoms with van der Waals surface area (Å²) in [4.78, 5) is 52.9. The van der Waals surface area contributed by atoms with Gasteiger partial charge in [-0.2, -0.15) is 0 Å². The Hall–Kier alpha value is -4.53. The second-order valence-electron chi connectivity index (χ2n) is 9.39. The minimum Gasteiger partial charge on any atom is -0.348 e. The predicted octanol–water partition coefficient (Wildman–Crippen LogP) is 2.45. The lowest BCUT2D eigenvalue weighted by Crippen LogP contribution is -2.48. The van der Waals surface area contributed by atoms with E-state index in [2.05, 4.69) is 19.9 Å². The smallest absolute Gasteiger partial charge is 0.273 e. The highest BCUT2D eigenvalue weighted by Gasteiger charge is 2.20. The molecule has 8 nitrogen and oxygen atoms in total. The molecule has 0 atom stereocenters. The van der Waals surface area contributed by atoms with Gasteiger partial charge in [0, 0.05) is 28.6 Å². The van der Waals surface area contributed by atoms with Crippen molar-refractivity contribution in [1.82, 2.24) is 19.9 Å². The molecule has 2 heterocycles. The first kappa shape index (κ1) is 24.6. The Labute approximate surface area is 205 Å². The van der Waals surface area contributed by atoms with Gasteiger partial charge in [-0.1, -0.05) is 45.0 Å². The number of carbonyl (C=O) groups excluding carboxylic acids is 1. The Morgan fingerprint density at radius 2 is 1.67 bits per heavy atom. The second-order valence-corrected chi connectivity index (χ2v) is 9.39. The number of benzene rings is 2. The quantitative estimate of drug-likeness (QED) is 0.410. The van der Waals surface area contributed by atoms with Gasteiger partial charge in [0.05, 0.1) is 12.0 Å².